The Morgan fingerprint density at radius 3 is 2.43 bits per heavy atom. The molecule has 0 amide bonds. The number of nitrogens with zero attached hydrogens (tertiary/aromatic N) is 2. The van der Waals surface area contributed by atoms with E-state index in [2.05, 4.69) is 10.2 Å². The van der Waals surface area contributed by atoms with E-state index < -0.39 is 5.97 Å². The van der Waals surface area contributed by atoms with Gasteiger partial charge < -0.3 is 14.3 Å². The van der Waals surface area contributed by atoms with Crippen LogP contribution in [0.3, 0.4) is 0 Å². The summed E-state index contributed by atoms with van der Waals surface area (Å²) in [6.45, 7) is 2.52. The Kier molecular flexibility index (Phi) is 4.05. The van der Waals surface area contributed by atoms with Crippen molar-refractivity contribution in [3.05, 3.63) is 54.1 Å². The summed E-state index contributed by atoms with van der Waals surface area (Å²) in [6.07, 6.45) is 0. The summed E-state index contributed by atoms with van der Waals surface area (Å²) in [5.74, 6) is 0.406. The van der Waals surface area contributed by atoms with E-state index in [9.17, 15) is 4.79 Å². The smallest absolute Gasteiger partial charge is 0.335 e. The minimum atomic E-state index is -1.00. The standard InChI is InChI=1S/C17H14N2O4/c1-2-22-14-8-6-11(7-9-14)15-18-19-16(23-15)12-4-3-5-13(10-12)17(20)21/h3-10H,2H2,1H3,(H,20,21). The van der Waals surface area contributed by atoms with Gasteiger partial charge in [-0.1, -0.05) is 6.07 Å². The Bertz CT molecular complexity index is 825. The maximum atomic E-state index is 11.0. The van der Waals surface area contributed by atoms with Crippen LogP contribution in [0, 0.1) is 0 Å². The summed E-state index contributed by atoms with van der Waals surface area (Å²) in [7, 11) is 0. The highest BCUT2D eigenvalue weighted by Gasteiger charge is 2.12. The van der Waals surface area contributed by atoms with E-state index in [4.69, 9.17) is 14.3 Å². The molecule has 0 aliphatic carbocycles. The highest BCUT2D eigenvalue weighted by atomic mass is 16.5. The molecular weight excluding hydrogens is 296 g/mol. The molecule has 0 atom stereocenters. The van der Waals surface area contributed by atoms with Crippen molar-refractivity contribution in [2.24, 2.45) is 0 Å². The number of hydrogen-bond donors (Lipinski definition) is 1. The lowest BCUT2D eigenvalue weighted by atomic mass is 10.1. The molecule has 0 saturated heterocycles. The fourth-order valence-corrected chi connectivity index (χ4v) is 2.10. The molecule has 0 radical (unpaired) electrons. The lowest BCUT2D eigenvalue weighted by molar-refractivity contribution is 0.0697. The summed E-state index contributed by atoms with van der Waals surface area (Å²) < 4.78 is 11.0. The first-order chi connectivity index (χ1) is 11.2. The van der Waals surface area contributed by atoms with Crippen molar-refractivity contribution in [3.8, 4) is 28.7 Å². The minimum absolute atomic E-state index is 0.170. The fourth-order valence-electron chi connectivity index (χ4n) is 2.10. The number of hydrogen-bond acceptors (Lipinski definition) is 5. The van der Waals surface area contributed by atoms with E-state index in [0.717, 1.165) is 11.3 Å². The molecule has 0 bridgehead atoms. The molecule has 3 aromatic rings. The zero-order valence-corrected chi connectivity index (χ0v) is 12.4. The van der Waals surface area contributed by atoms with E-state index in [-0.39, 0.29) is 11.5 Å². The third-order valence-corrected chi connectivity index (χ3v) is 3.19. The van der Waals surface area contributed by atoms with Crippen LogP contribution in [0.1, 0.15) is 17.3 Å². The lowest BCUT2D eigenvalue weighted by Gasteiger charge is -2.02. The van der Waals surface area contributed by atoms with Gasteiger partial charge in [0.05, 0.1) is 12.2 Å². The SMILES string of the molecule is CCOc1ccc(-c2nnc(-c3cccc(C(=O)O)c3)o2)cc1. The second-order valence-corrected chi connectivity index (χ2v) is 4.76. The molecule has 116 valence electrons. The predicted molar refractivity (Wildman–Crippen MR) is 83.3 cm³/mol. The largest absolute Gasteiger partial charge is 0.494 e. The number of benzene rings is 2. The van der Waals surface area contributed by atoms with Gasteiger partial charge in [0, 0.05) is 11.1 Å². The zero-order valence-electron chi connectivity index (χ0n) is 12.4. The Hall–Kier alpha value is -3.15. The highest BCUT2D eigenvalue weighted by molar-refractivity contribution is 5.88. The summed E-state index contributed by atoms with van der Waals surface area (Å²) in [5, 5.41) is 17.0. The Labute approximate surface area is 132 Å². The number of aromatic carboxylic acids is 1. The molecule has 23 heavy (non-hydrogen) atoms. The molecule has 0 aliphatic heterocycles. The Morgan fingerprint density at radius 2 is 1.78 bits per heavy atom. The van der Waals surface area contributed by atoms with Gasteiger partial charge in [-0.25, -0.2) is 4.79 Å². The van der Waals surface area contributed by atoms with Crippen molar-refractivity contribution in [1.29, 1.82) is 0 Å². The van der Waals surface area contributed by atoms with Gasteiger partial charge in [0.25, 0.3) is 0 Å². The van der Waals surface area contributed by atoms with Crippen LogP contribution in [0.25, 0.3) is 22.9 Å². The lowest BCUT2D eigenvalue weighted by Crippen LogP contribution is -1.95. The molecule has 6 nitrogen and oxygen atoms in total. The predicted octanol–water partition coefficient (Wildman–Crippen LogP) is 3.50. The average Bonchev–Trinajstić information content (AvgIpc) is 3.06. The van der Waals surface area contributed by atoms with E-state index in [1.165, 1.54) is 12.1 Å². The zero-order chi connectivity index (χ0) is 16.2. The minimum Gasteiger partial charge on any atom is -0.494 e. The Balaban J connectivity index is 1.88. The first-order valence-corrected chi connectivity index (χ1v) is 7.08. The van der Waals surface area contributed by atoms with E-state index in [0.29, 0.717) is 18.1 Å². The van der Waals surface area contributed by atoms with Crippen LogP contribution in [-0.2, 0) is 0 Å². The number of rotatable bonds is 5. The van der Waals surface area contributed by atoms with Crippen LogP contribution in [0.4, 0.5) is 0 Å². The number of carboxylic acids is 1. The van der Waals surface area contributed by atoms with Crippen molar-refractivity contribution in [3.63, 3.8) is 0 Å². The normalized spacial score (nSPS) is 10.5. The van der Waals surface area contributed by atoms with Crippen LogP contribution in [-0.4, -0.2) is 27.9 Å². The van der Waals surface area contributed by atoms with Crippen LogP contribution >= 0.6 is 0 Å². The quantitative estimate of drug-likeness (QED) is 0.776. The second-order valence-electron chi connectivity index (χ2n) is 4.76. The first-order valence-electron chi connectivity index (χ1n) is 7.08. The van der Waals surface area contributed by atoms with Crippen molar-refractivity contribution in [1.82, 2.24) is 10.2 Å². The molecular formula is C17H14N2O4. The van der Waals surface area contributed by atoms with E-state index in [1.54, 1.807) is 12.1 Å². The molecule has 3 rings (SSSR count). The molecule has 0 aliphatic rings. The second kappa shape index (κ2) is 6.31. The molecule has 1 N–H and O–H groups in total. The van der Waals surface area contributed by atoms with Gasteiger partial charge in [-0.2, -0.15) is 0 Å². The first kappa shape index (κ1) is 14.8. The summed E-state index contributed by atoms with van der Waals surface area (Å²) >= 11 is 0. The van der Waals surface area contributed by atoms with Crippen molar-refractivity contribution < 1.29 is 19.1 Å². The van der Waals surface area contributed by atoms with E-state index >= 15 is 0 Å². The number of ether oxygens (including phenoxy) is 1. The number of carboxylic acid groups (broad SMARTS) is 1. The fraction of sp³-hybridized carbons (Fsp3) is 0.118. The van der Waals surface area contributed by atoms with Gasteiger partial charge in [0.15, 0.2) is 0 Å². The average molecular weight is 310 g/mol. The summed E-state index contributed by atoms with van der Waals surface area (Å²) in [6, 6.07) is 13.7. The van der Waals surface area contributed by atoms with E-state index in [1.807, 2.05) is 31.2 Å². The van der Waals surface area contributed by atoms with Crippen LogP contribution < -0.4 is 4.74 Å². The number of aromatic nitrogens is 2. The van der Waals surface area contributed by atoms with Gasteiger partial charge in [-0.05, 0) is 49.4 Å². The molecule has 6 heteroatoms. The maximum Gasteiger partial charge on any atom is 0.335 e. The third kappa shape index (κ3) is 3.21. The molecule has 0 fully saturated rings. The van der Waals surface area contributed by atoms with Crippen molar-refractivity contribution in [2.75, 3.05) is 6.61 Å². The van der Waals surface area contributed by atoms with Crippen LogP contribution in [0.2, 0.25) is 0 Å². The van der Waals surface area contributed by atoms with Gasteiger partial charge in [-0.3, -0.25) is 0 Å². The van der Waals surface area contributed by atoms with Crippen molar-refractivity contribution in [2.45, 2.75) is 6.92 Å². The van der Waals surface area contributed by atoms with Gasteiger partial charge in [0.2, 0.25) is 11.8 Å². The van der Waals surface area contributed by atoms with Crippen LogP contribution in [0.15, 0.2) is 52.9 Å². The van der Waals surface area contributed by atoms with Gasteiger partial charge in [-0.15, -0.1) is 10.2 Å². The maximum absolute atomic E-state index is 11.0. The van der Waals surface area contributed by atoms with Gasteiger partial charge >= 0.3 is 5.97 Å². The third-order valence-electron chi connectivity index (χ3n) is 3.19. The van der Waals surface area contributed by atoms with Crippen molar-refractivity contribution >= 4 is 5.97 Å². The topological polar surface area (TPSA) is 85.5 Å². The molecule has 0 saturated carbocycles. The molecule has 0 spiro atoms. The molecule has 1 aromatic heterocycles. The summed E-state index contributed by atoms with van der Waals surface area (Å²) in [5.41, 5.74) is 1.50. The monoisotopic (exact) mass is 310 g/mol. The Morgan fingerprint density at radius 1 is 1.09 bits per heavy atom. The van der Waals surface area contributed by atoms with Gasteiger partial charge in [0.1, 0.15) is 5.75 Å². The molecule has 0 unspecified atom stereocenters. The number of carbonyl (C=O) groups is 1. The molecule has 1 heterocycles. The van der Waals surface area contributed by atoms with Crippen LogP contribution in [0.5, 0.6) is 5.75 Å². The summed E-state index contributed by atoms with van der Waals surface area (Å²) in [4.78, 5) is 11.0. The molecule has 2 aromatic carbocycles. The highest BCUT2D eigenvalue weighted by Crippen LogP contribution is 2.25.